The van der Waals surface area contributed by atoms with E-state index in [2.05, 4.69) is 15.3 Å². The van der Waals surface area contributed by atoms with E-state index in [9.17, 15) is 18.8 Å². The van der Waals surface area contributed by atoms with Gasteiger partial charge in [0.25, 0.3) is 5.91 Å². The van der Waals surface area contributed by atoms with Crippen molar-refractivity contribution in [3.05, 3.63) is 90.3 Å². The third-order valence-corrected chi connectivity index (χ3v) is 5.74. The third kappa shape index (κ3) is 4.25. The monoisotopic (exact) mass is 432 g/mol. The number of barbiturate groups is 1. The van der Waals surface area contributed by atoms with Gasteiger partial charge in [0.2, 0.25) is 5.91 Å². The lowest BCUT2D eigenvalue weighted by Crippen LogP contribution is -2.64. The molecule has 162 valence electrons. The summed E-state index contributed by atoms with van der Waals surface area (Å²) in [5.74, 6) is -1.72. The number of carbonyl (C=O) groups excluding carboxylic acids is 3. The van der Waals surface area contributed by atoms with Gasteiger partial charge in [0.05, 0.1) is 5.69 Å². The molecular formula is C24H21FN4O3. The number of hydrogen-bond donors (Lipinski definition) is 1. The van der Waals surface area contributed by atoms with Crippen molar-refractivity contribution in [1.29, 1.82) is 0 Å². The maximum Gasteiger partial charge on any atom is 0.335 e. The second-order valence-corrected chi connectivity index (χ2v) is 7.67. The van der Waals surface area contributed by atoms with Crippen LogP contribution in [0.2, 0.25) is 0 Å². The fraction of sp³-hybridized carbons (Fsp3) is 0.208. The number of hydrogen-bond acceptors (Lipinski definition) is 5. The molecule has 1 fully saturated rings. The molecule has 8 heteroatoms. The highest BCUT2D eigenvalue weighted by molar-refractivity contribution is 6.29. The number of halogens is 1. The van der Waals surface area contributed by atoms with Gasteiger partial charge in [-0.15, -0.1) is 0 Å². The second kappa shape index (κ2) is 9.05. The highest BCUT2D eigenvalue weighted by Gasteiger charge is 2.53. The van der Waals surface area contributed by atoms with Gasteiger partial charge in [0.1, 0.15) is 11.2 Å². The molecule has 1 aromatic carbocycles. The number of anilines is 1. The Morgan fingerprint density at radius 2 is 1.28 bits per heavy atom. The number of nitrogens with zero attached hydrogens (tertiary/aromatic N) is 3. The summed E-state index contributed by atoms with van der Waals surface area (Å²) in [6.07, 6.45) is 7.90. The summed E-state index contributed by atoms with van der Waals surface area (Å²) < 4.78 is 13.4. The van der Waals surface area contributed by atoms with Crippen LogP contribution in [0.1, 0.15) is 24.0 Å². The Balaban J connectivity index is 1.69. The molecule has 0 bridgehead atoms. The molecule has 0 spiro atoms. The molecule has 1 aliphatic heterocycles. The van der Waals surface area contributed by atoms with Crippen LogP contribution in [0.5, 0.6) is 0 Å². The van der Waals surface area contributed by atoms with Crippen LogP contribution in [0.3, 0.4) is 0 Å². The molecule has 32 heavy (non-hydrogen) atoms. The molecule has 0 saturated carbocycles. The summed E-state index contributed by atoms with van der Waals surface area (Å²) in [6.45, 7) is 0. The number of rotatable bonds is 7. The quantitative estimate of drug-likeness (QED) is 0.578. The minimum atomic E-state index is -1.46. The Morgan fingerprint density at radius 1 is 0.781 bits per heavy atom. The van der Waals surface area contributed by atoms with Crippen molar-refractivity contribution in [2.24, 2.45) is 5.41 Å². The fourth-order valence-corrected chi connectivity index (χ4v) is 3.88. The normalized spacial score (nSPS) is 15.5. The summed E-state index contributed by atoms with van der Waals surface area (Å²) in [6, 6.07) is 11.5. The number of amides is 4. The van der Waals surface area contributed by atoms with Gasteiger partial charge >= 0.3 is 6.03 Å². The van der Waals surface area contributed by atoms with Crippen LogP contribution in [-0.4, -0.2) is 27.8 Å². The first-order valence-corrected chi connectivity index (χ1v) is 10.2. The van der Waals surface area contributed by atoms with Crippen LogP contribution in [0.15, 0.2) is 73.3 Å². The molecule has 1 saturated heterocycles. The van der Waals surface area contributed by atoms with Crippen molar-refractivity contribution < 1.29 is 18.8 Å². The van der Waals surface area contributed by atoms with E-state index in [1.54, 1.807) is 24.8 Å². The molecular weight excluding hydrogens is 411 g/mol. The van der Waals surface area contributed by atoms with Crippen molar-refractivity contribution in [2.45, 2.75) is 25.7 Å². The van der Waals surface area contributed by atoms with Gasteiger partial charge in [0.15, 0.2) is 0 Å². The molecule has 0 unspecified atom stereocenters. The van der Waals surface area contributed by atoms with E-state index in [0.29, 0.717) is 12.8 Å². The Morgan fingerprint density at radius 3 is 1.78 bits per heavy atom. The van der Waals surface area contributed by atoms with E-state index < -0.39 is 29.1 Å². The van der Waals surface area contributed by atoms with Gasteiger partial charge in [-0.25, -0.2) is 14.1 Å². The zero-order valence-corrected chi connectivity index (χ0v) is 17.2. The first-order valence-electron chi connectivity index (χ1n) is 10.2. The number of pyridine rings is 2. The van der Waals surface area contributed by atoms with Gasteiger partial charge in [-0.05, 0) is 85.3 Å². The number of nitrogens with one attached hydrogen (secondary N) is 1. The Labute approximate surface area is 184 Å². The van der Waals surface area contributed by atoms with Crippen molar-refractivity contribution in [3.63, 3.8) is 0 Å². The van der Waals surface area contributed by atoms with E-state index in [0.717, 1.165) is 16.0 Å². The number of aromatic nitrogens is 2. The summed E-state index contributed by atoms with van der Waals surface area (Å²) in [5, 5.41) is 2.35. The van der Waals surface area contributed by atoms with Crippen molar-refractivity contribution in [1.82, 2.24) is 15.3 Å². The first-order chi connectivity index (χ1) is 15.5. The summed E-state index contributed by atoms with van der Waals surface area (Å²) in [7, 11) is 0. The molecule has 0 aliphatic carbocycles. The lowest BCUT2D eigenvalue weighted by atomic mass is 9.74. The van der Waals surface area contributed by atoms with Gasteiger partial charge < -0.3 is 0 Å². The predicted octanol–water partition coefficient (Wildman–Crippen LogP) is 3.45. The lowest BCUT2D eigenvalue weighted by molar-refractivity contribution is -0.143. The topological polar surface area (TPSA) is 92.3 Å². The first kappa shape index (κ1) is 21.3. The SMILES string of the molecule is O=C1NC(=O)C(CCc2ccncc2)(CCc2ccncc2)C(=O)N1c1ccc(F)cc1. The average Bonchev–Trinajstić information content (AvgIpc) is 2.81. The molecule has 0 atom stereocenters. The predicted molar refractivity (Wildman–Crippen MR) is 115 cm³/mol. The number of imide groups is 2. The summed E-state index contributed by atoms with van der Waals surface area (Å²) >= 11 is 0. The van der Waals surface area contributed by atoms with Gasteiger partial charge in [-0.2, -0.15) is 0 Å². The average molecular weight is 432 g/mol. The summed E-state index contributed by atoms with van der Waals surface area (Å²) in [4.78, 5) is 48.4. The minimum Gasteiger partial charge on any atom is -0.276 e. The van der Waals surface area contributed by atoms with Crippen LogP contribution in [-0.2, 0) is 22.4 Å². The van der Waals surface area contributed by atoms with E-state index in [4.69, 9.17) is 0 Å². The Bertz CT molecular complexity index is 1080. The standard InChI is InChI=1S/C24H21FN4O3/c25-19-1-3-20(4-2-19)29-22(31)24(21(30)28-23(29)32,11-5-17-7-13-26-14-8-17)12-6-18-9-15-27-16-10-18/h1-4,7-10,13-16H,5-6,11-12H2,(H,28,30,32). The largest absolute Gasteiger partial charge is 0.335 e. The number of benzene rings is 1. The highest BCUT2D eigenvalue weighted by Crippen LogP contribution is 2.37. The van der Waals surface area contributed by atoms with E-state index in [1.165, 1.54) is 24.3 Å². The van der Waals surface area contributed by atoms with Crippen LogP contribution >= 0.6 is 0 Å². The van der Waals surface area contributed by atoms with Crippen molar-refractivity contribution in [2.75, 3.05) is 4.90 Å². The van der Waals surface area contributed by atoms with Crippen molar-refractivity contribution >= 4 is 23.5 Å². The Hall–Kier alpha value is -3.94. The second-order valence-electron chi connectivity index (χ2n) is 7.67. The number of urea groups is 1. The molecule has 0 radical (unpaired) electrons. The van der Waals surface area contributed by atoms with Crippen LogP contribution in [0, 0.1) is 11.2 Å². The maximum absolute atomic E-state index is 13.7. The summed E-state index contributed by atoms with van der Waals surface area (Å²) in [5.41, 5.74) is 0.594. The molecule has 4 rings (SSSR count). The molecule has 2 aromatic heterocycles. The molecule has 4 amide bonds. The van der Waals surface area contributed by atoms with Gasteiger partial charge in [-0.3, -0.25) is 24.9 Å². The molecule has 3 aromatic rings. The smallest absolute Gasteiger partial charge is 0.276 e. The molecule has 1 N–H and O–H groups in total. The van der Waals surface area contributed by atoms with E-state index >= 15 is 0 Å². The maximum atomic E-state index is 13.7. The zero-order chi connectivity index (χ0) is 22.6. The van der Waals surface area contributed by atoms with Crippen LogP contribution < -0.4 is 10.2 Å². The molecule has 3 heterocycles. The van der Waals surface area contributed by atoms with Crippen LogP contribution in [0.25, 0.3) is 0 Å². The zero-order valence-electron chi connectivity index (χ0n) is 17.2. The minimum absolute atomic E-state index is 0.206. The highest BCUT2D eigenvalue weighted by atomic mass is 19.1. The van der Waals surface area contributed by atoms with Gasteiger partial charge in [0, 0.05) is 24.8 Å². The molecule has 1 aliphatic rings. The lowest BCUT2D eigenvalue weighted by Gasteiger charge is -2.39. The van der Waals surface area contributed by atoms with Crippen molar-refractivity contribution in [3.8, 4) is 0 Å². The van der Waals surface area contributed by atoms with Gasteiger partial charge in [-0.1, -0.05) is 0 Å². The van der Waals surface area contributed by atoms with E-state index in [1.807, 2.05) is 24.3 Å². The Kier molecular flexibility index (Phi) is 6.02. The fourth-order valence-electron chi connectivity index (χ4n) is 3.88. The van der Waals surface area contributed by atoms with Crippen LogP contribution in [0.4, 0.5) is 14.9 Å². The number of aryl methyl sites for hydroxylation is 2. The third-order valence-electron chi connectivity index (χ3n) is 5.74. The van der Waals surface area contributed by atoms with E-state index in [-0.39, 0.29) is 18.5 Å². The number of carbonyl (C=O) groups is 3. The molecule has 7 nitrogen and oxygen atoms in total.